The van der Waals surface area contributed by atoms with Crippen LogP contribution in [0.4, 0.5) is 5.88 Å². The maximum atomic E-state index is 12.8. The normalized spacial score (nSPS) is 11.6. The first-order chi connectivity index (χ1) is 10.1. The molecular formula is C13H18N3O4P. The van der Waals surface area contributed by atoms with Crippen LogP contribution >= 0.6 is 7.60 Å². The van der Waals surface area contributed by atoms with Gasteiger partial charge in [0.1, 0.15) is 0 Å². The summed E-state index contributed by atoms with van der Waals surface area (Å²) >= 11 is 0. The Bertz CT molecular complexity index is 620. The van der Waals surface area contributed by atoms with Crippen LogP contribution in [0.25, 0.3) is 11.5 Å². The second-order valence-electron chi connectivity index (χ2n) is 4.00. The first-order valence-electron chi connectivity index (χ1n) is 6.63. The number of oxazole rings is 1. The van der Waals surface area contributed by atoms with Crippen LogP contribution in [0.1, 0.15) is 13.8 Å². The summed E-state index contributed by atoms with van der Waals surface area (Å²) in [6.07, 6.45) is 3.26. The monoisotopic (exact) mass is 311 g/mol. The van der Waals surface area contributed by atoms with Crippen LogP contribution in [0.3, 0.4) is 0 Å². The summed E-state index contributed by atoms with van der Waals surface area (Å²) < 4.78 is 29.0. The van der Waals surface area contributed by atoms with E-state index >= 15 is 0 Å². The summed E-state index contributed by atoms with van der Waals surface area (Å²) in [7, 11) is -1.86. The molecule has 1 N–H and O–H groups in total. The molecule has 0 saturated carbocycles. The Hall–Kier alpha value is -1.69. The van der Waals surface area contributed by atoms with Gasteiger partial charge in [0, 0.05) is 19.4 Å². The first-order valence-corrected chi connectivity index (χ1v) is 8.17. The maximum absolute atomic E-state index is 12.8. The van der Waals surface area contributed by atoms with Gasteiger partial charge >= 0.3 is 7.60 Å². The predicted octanol–water partition coefficient (Wildman–Crippen LogP) is 2.67. The van der Waals surface area contributed by atoms with Crippen molar-refractivity contribution in [2.24, 2.45) is 0 Å². The van der Waals surface area contributed by atoms with Crippen LogP contribution in [0.15, 0.2) is 28.9 Å². The number of nitrogens with one attached hydrogen (secondary N) is 1. The fourth-order valence-corrected chi connectivity index (χ4v) is 3.39. The highest BCUT2D eigenvalue weighted by molar-refractivity contribution is 7.62. The van der Waals surface area contributed by atoms with E-state index in [1.54, 1.807) is 45.4 Å². The standard InChI is InChI=1S/C13H18N3O4P/c1-4-18-21(17,19-5-2)13-12(14-3)20-11(16-13)10-7-6-8-15-9-10/h6-9,14H,4-5H2,1-3H3. The average Bonchev–Trinajstić information content (AvgIpc) is 2.94. The molecule has 0 aliphatic rings. The minimum atomic E-state index is -3.51. The summed E-state index contributed by atoms with van der Waals surface area (Å²) in [5, 5.41) is 2.83. The number of anilines is 1. The van der Waals surface area contributed by atoms with Crippen molar-refractivity contribution in [3.05, 3.63) is 24.5 Å². The molecule has 0 aliphatic heterocycles. The van der Waals surface area contributed by atoms with E-state index in [0.717, 1.165) is 0 Å². The molecule has 0 radical (unpaired) electrons. The van der Waals surface area contributed by atoms with Gasteiger partial charge in [0.15, 0.2) is 0 Å². The number of nitrogens with zero attached hydrogens (tertiary/aromatic N) is 2. The first kappa shape index (κ1) is 15.7. The van der Waals surface area contributed by atoms with E-state index in [0.29, 0.717) is 11.5 Å². The Balaban J connectivity index is 2.48. The quantitative estimate of drug-likeness (QED) is 0.787. The van der Waals surface area contributed by atoms with Gasteiger partial charge in [0.2, 0.25) is 17.2 Å². The molecule has 2 heterocycles. The highest BCUT2D eigenvalue weighted by atomic mass is 31.2. The van der Waals surface area contributed by atoms with Gasteiger partial charge in [0.25, 0.3) is 0 Å². The number of aromatic nitrogens is 2. The van der Waals surface area contributed by atoms with Gasteiger partial charge < -0.3 is 18.8 Å². The summed E-state index contributed by atoms with van der Waals surface area (Å²) in [5.41, 5.74) is 0.826. The molecule has 0 amide bonds. The van der Waals surface area contributed by atoms with Crippen LogP contribution in [-0.2, 0) is 13.6 Å². The molecule has 2 rings (SSSR count). The van der Waals surface area contributed by atoms with Crippen LogP contribution < -0.4 is 10.8 Å². The molecule has 114 valence electrons. The van der Waals surface area contributed by atoms with E-state index in [2.05, 4.69) is 15.3 Å². The molecule has 0 bridgehead atoms. The lowest BCUT2D eigenvalue weighted by atomic mass is 10.3. The highest BCUT2D eigenvalue weighted by Crippen LogP contribution is 2.49. The molecular weight excluding hydrogens is 293 g/mol. The average molecular weight is 311 g/mol. The third-order valence-electron chi connectivity index (χ3n) is 2.60. The van der Waals surface area contributed by atoms with Crippen LogP contribution in [0, 0.1) is 0 Å². The Morgan fingerprint density at radius 2 is 2.05 bits per heavy atom. The van der Waals surface area contributed by atoms with Crippen molar-refractivity contribution < 1.29 is 18.0 Å². The Morgan fingerprint density at radius 1 is 1.33 bits per heavy atom. The molecule has 2 aromatic heterocycles. The second-order valence-corrected chi connectivity index (χ2v) is 5.93. The van der Waals surface area contributed by atoms with Crippen molar-refractivity contribution in [2.45, 2.75) is 13.8 Å². The van der Waals surface area contributed by atoms with Crippen molar-refractivity contribution in [1.29, 1.82) is 0 Å². The molecule has 2 aromatic rings. The number of hydrogen-bond donors (Lipinski definition) is 1. The molecule has 0 atom stereocenters. The lowest BCUT2D eigenvalue weighted by Gasteiger charge is -2.14. The van der Waals surface area contributed by atoms with Gasteiger partial charge in [-0.1, -0.05) is 0 Å². The zero-order valence-electron chi connectivity index (χ0n) is 12.2. The van der Waals surface area contributed by atoms with Crippen molar-refractivity contribution in [3.63, 3.8) is 0 Å². The van der Waals surface area contributed by atoms with E-state index in [4.69, 9.17) is 13.5 Å². The highest BCUT2D eigenvalue weighted by Gasteiger charge is 2.35. The second kappa shape index (κ2) is 6.85. The van der Waals surface area contributed by atoms with Gasteiger partial charge in [-0.05, 0) is 26.0 Å². The maximum Gasteiger partial charge on any atom is 0.385 e. The van der Waals surface area contributed by atoms with Crippen molar-refractivity contribution >= 4 is 18.9 Å². The fraction of sp³-hybridized carbons (Fsp3) is 0.385. The molecule has 7 nitrogen and oxygen atoms in total. The summed E-state index contributed by atoms with van der Waals surface area (Å²) in [5.74, 6) is 0.571. The summed E-state index contributed by atoms with van der Waals surface area (Å²) in [6, 6.07) is 3.57. The molecule has 8 heteroatoms. The minimum absolute atomic E-state index is 0.146. The number of rotatable bonds is 7. The zero-order valence-corrected chi connectivity index (χ0v) is 13.1. The molecule has 0 aromatic carbocycles. The van der Waals surface area contributed by atoms with E-state index in [1.165, 1.54) is 0 Å². The van der Waals surface area contributed by atoms with Gasteiger partial charge in [-0.3, -0.25) is 9.55 Å². The SMILES string of the molecule is CCOP(=O)(OCC)c1nc(-c2cccnc2)oc1NC. The van der Waals surface area contributed by atoms with Gasteiger partial charge in [-0.15, -0.1) is 0 Å². The number of hydrogen-bond acceptors (Lipinski definition) is 7. The van der Waals surface area contributed by atoms with Gasteiger partial charge in [0.05, 0.1) is 18.8 Å². The predicted molar refractivity (Wildman–Crippen MR) is 79.8 cm³/mol. The third kappa shape index (κ3) is 3.32. The van der Waals surface area contributed by atoms with Crippen molar-refractivity contribution in [1.82, 2.24) is 9.97 Å². The molecule has 21 heavy (non-hydrogen) atoms. The van der Waals surface area contributed by atoms with Crippen molar-refractivity contribution in [3.8, 4) is 11.5 Å². The largest absolute Gasteiger partial charge is 0.420 e. The molecule has 0 unspecified atom stereocenters. The Kier molecular flexibility index (Phi) is 5.12. The van der Waals surface area contributed by atoms with E-state index < -0.39 is 7.60 Å². The lowest BCUT2D eigenvalue weighted by molar-refractivity contribution is 0.229. The van der Waals surface area contributed by atoms with Crippen LogP contribution in [-0.4, -0.2) is 30.2 Å². The van der Waals surface area contributed by atoms with E-state index in [9.17, 15) is 4.57 Å². The molecule has 0 fully saturated rings. The topological polar surface area (TPSA) is 86.5 Å². The molecule has 0 saturated heterocycles. The van der Waals surface area contributed by atoms with Gasteiger partial charge in [-0.2, -0.15) is 4.98 Å². The van der Waals surface area contributed by atoms with Crippen LogP contribution in [0.2, 0.25) is 0 Å². The molecule has 0 aliphatic carbocycles. The fourth-order valence-electron chi connectivity index (χ4n) is 1.77. The van der Waals surface area contributed by atoms with Gasteiger partial charge in [-0.25, -0.2) is 0 Å². The summed E-state index contributed by atoms with van der Waals surface area (Å²) in [6.45, 7) is 3.98. The Labute approximate surface area is 123 Å². The van der Waals surface area contributed by atoms with Crippen LogP contribution in [0.5, 0.6) is 0 Å². The lowest BCUT2D eigenvalue weighted by Crippen LogP contribution is -2.15. The Morgan fingerprint density at radius 3 is 2.57 bits per heavy atom. The van der Waals surface area contributed by atoms with Crippen molar-refractivity contribution in [2.75, 3.05) is 25.6 Å². The smallest absolute Gasteiger partial charge is 0.385 e. The minimum Gasteiger partial charge on any atom is -0.420 e. The van der Waals surface area contributed by atoms with E-state index in [-0.39, 0.29) is 24.5 Å². The third-order valence-corrected chi connectivity index (χ3v) is 4.62. The molecule has 0 spiro atoms. The van der Waals surface area contributed by atoms with E-state index in [1.807, 2.05) is 0 Å². The zero-order chi connectivity index (χ0) is 15.3. The summed E-state index contributed by atoms with van der Waals surface area (Å²) in [4.78, 5) is 8.29. The number of pyridine rings is 1.